The van der Waals surface area contributed by atoms with Crippen LogP contribution in [0.1, 0.15) is 24.2 Å². The van der Waals surface area contributed by atoms with Gasteiger partial charge in [0.1, 0.15) is 6.10 Å². The lowest BCUT2D eigenvalue weighted by molar-refractivity contribution is -0.159. The minimum atomic E-state index is -0.0335. The summed E-state index contributed by atoms with van der Waals surface area (Å²) in [5, 5.41) is 0. The Hall–Kier alpha value is -0.900. The molecule has 1 fully saturated rings. The van der Waals surface area contributed by atoms with Crippen LogP contribution in [0.15, 0.2) is 24.3 Å². The monoisotopic (exact) mass is 221 g/mol. The van der Waals surface area contributed by atoms with E-state index in [2.05, 4.69) is 25.1 Å². The number of ether oxygens (including phenoxy) is 2. The summed E-state index contributed by atoms with van der Waals surface area (Å²) in [6.07, 6.45) is 0.172. The minimum absolute atomic E-state index is 0.0117. The molecule has 88 valence electrons. The molecule has 1 aromatic carbocycles. The predicted octanol–water partition coefficient (Wildman–Crippen LogP) is 1.80. The van der Waals surface area contributed by atoms with Crippen LogP contribution in [0, 0.1) is 6.92 Å². The Bertz CT molecular complexity index is 348. The van der Waals surface area contributed by atoms with E-state index in [0.717, 1.165) is 5.56 Å². The van der Waals surface area contributed by atoms with E-state index in [1.54, 1.807) is 0 Å². The van der Waals surface area contributed by atoms with Crippen molar-refractivity contribution in [3.63, 3.8) is 0 Å². The molecule has 1 aliphatic heterocycles. The Balaban J connectivity index is 2.11. The van der Waals surface area contributed by atoms with Crippen LogP contribution >= 0.6 is 0 Å². The van der Waals surface area contributed by atoms with Crippen LogP contribution in [0.5, 0.6) is 0 Å². The first-order chi connectivity index (χ1) is 7.66. The molecule has 1 heterocycles. The highest BCUT2D eigenvalue weighted by Gasteiger charge is 2.26. The number of rotatable bonds is 4. The lowest BCUT2D eigenvalue weighted by atomic mass is 10.0. The lowest BCUT2D eigenvalue weighted by Crippen LogP contribution is -2.40. The van der Waals surface area contributed by atoms with Gasteiger partial charge in [-0.1, -0.05) is 29.8 Å². The van der Waals surface area contributed by atoms with Crippen molar-refractivity contribution in [1.82, 2.24) is 0 Å². The summed E-state index contributed by atoms with van der Waals surface area (Å²) in [6, 6.07) is 8.31. The van der Waals surface area contributed by atoms with E-state index in [1.807, 2.05) is 13.0 Å². The van der Waals surface area contributed by atoms with Crippen molar-refractivity contribution in [2.24, 2.45) is 5.73 Å². The van der Waals surface area contributed by atoms with Crippen LogP contribution in [-0.2, 0) is 9.47 Å². The Morgan fingerprint density at radius 3 is 2.69 bits per heavy atom. The summed E-state index contributed by atoms with van der Waals surface area (Å²) in [5.41, 5.74) is 8.37. The molecule has 1 aromatic rings. The fourth-order valence-corrected chi connectivity index (χ4v) is 1.85. The van der Waals surface area contributed by atoms with Gasteiger partial charge in [-0.15, -0.1) is 0 Å². The van der Waals surface area contributed by atoms with E-state index in [1.165, 1.54) is 5.56 Å². The first-order valence-corrected chi connectivity index (χ1v) is 5.72. The molecular formula is C13H19NO2. The van der Waals surface area contributed by atoms with Gasteiger partial charge in [0.05, 0.1) is 19.3 Å². The Morgan fingerprint density at radius 1 is 1.44 bits per heavy atom. The molecule has 0 amide bonds. The molecule has 0 saturated carbocycles. The van der Waals surface area contributed by atoms with Crippen molar-refractivity contribution in [3.05, 3.63) is 35.4 Å². The van der Waals surface area contributed by atoms with Gasteiger partial charge in [0, 0.05) is 6.04 Å². The van der Waals surface area contributed by atoms with Crippen molar-refractivity contribution >= 4 is 0 Å². The van der Waals surface area contributed by atoms with Crippen LogP contribution in [0.4, 0.5) is 0 Å². The largest absolute Gasteiger partial charge is 0.376 e. The van der Waals surface area contributed by atoms with Crippen molar-refractivity contribution in [1.29, 1.82) is 0 Å². The third-order valence-corrected chi connectivity index (χ3v) is 2.79. The number of nitrogens with two attached hydrogens (primary N) is 1. The summed E-state index contributed by atoms with van der Waals surface area (Å²) in [6.45, 7) is 5.44. The zero-order valence-corrected chi connectivity index (χ0v) is 9.85. The average molecular weight is 221 g/mol. The molecule has 0 spiro atoms. The van der Waals surface area contributed by atoms with Crippen molar-refractivity contribution in [2.75, 3.05) is 13.2 Å². The molecule has 0 radical (unpaired) electrons. The third kappa shape index (κ3) is 2.61. The van der Waals surface area contributed by atoms with Crippen molar-refractivity contribution in [3.8, 4) is 0 Å². The quantitative estimate of drug-likeness (QED) is 0.843. The van der Waals surface area contributed by atoms with E-state index in [4.69, 9.17) is 15.2 Å². The summed E-state index contributed by atoms with van der Waals surface area (Å²) >= 11 is 0. The van der Waals surface area contributed by atoms with Gasteiger partial charge in [-0.05, 0) is 19.4 Å². The second-order valence-electron chi connectivity index (χ2n) is 4.49. The van der Waals surface area contributed by atoms with Gasteiger partial charge in [-0.25, -0.2) is 0 Å². The van der Waals surface area contributed by atoms with E-state index >= 15 is 0 Å². The molecule has 2 rings (SSSR count). The van der Waals surface area contributed by atoms with Crippen LogP contribution in [0.2, 0.25) is 0 Å². The summed E-state index contributed by atoms with van der Waals surface area (Å²) in [7, 11) is 0. The standard InChI is InChI=1S/C13H19NO2/c1-9-4-3-5-11(6-9)13(10(2)14)16-12-7-15-8-12/h3-6,10,12-13H,7-8,14H2,1-2H3. The van der Waals surface area contributed by atoms with Gasteiger partial charge in [0.2, 0.25) is 0 Å². The molecular weight excluding hydrogens is 202 g/mol. The fraction of sp³-hybridized carbons (Fsp3) is 0.538. The van der Waals surface area contributed by atoms with Crippen LogP contribution in [0.25, 0.3) is 0 Å². The molecule has 0 aliphatic carbocycles. The molecule has 1 saturated heterocycles. The Morgan fingerprint density at radius 2 is 2.19 bits per heavy atom. The molecule has 16 heavy (non-hydrogen) atoms. The average Bonchev–Trinajstić information content (AvgIpc) is 2.15. The van der Waals surface area contributed by atoms with Crippen molar-refractivity contribution < 1.29 is 9.47 Å². The second kappa shape index (κ2) is 4.95. The van der Waals surface area contributed by atoms with Gasteiger partial charge in [-0.2, -0.15) is 0 Å². The molecule has 1 aliphatic rings. The molecule has 2 atom stereocenters. The van der Waals surface area contributed by atoms with Crippen LogP contribution in [0.3, 0.4) is 0 Å². The van der Waals surface area contributed by atoms with Gasteiger partial charge in [0.25, 0.3) is 0 Å². The maximum absolute atomic E-state index is 5.98. The van der Waals surface area contributed by atoms with Gasteiger partial charge in [0.15, 0.2) is 0 Å². The van der Waals surface area contributed by atoms with Crippen LogP contribution in [-0.4, -0.2) is 25.4 Å². The lowest BCUT2D eigenvalue weighted by Gasteiger charge is -2.32. The van der Waals surface area contributed by atoms with Crippen LogP contribution < -0.4 is 5.73 Å². The molecule has 3 nitrogen and oxygen atoms in total. The van der Waals surface area contributed by atoms with Crippen molar-refractivity contribution in [2.45, 2.75) is 32.1 Å². The zero-order chi connectivity index (χ0) is 11.5. The van der Waals surface area contributed by atoms with Gasteiger partial charge in [-0.3, -0.25) is 0 Å². The number of aryl methyl sites for hydroxylation is 1. The summed E-state index contributed by atoms with van der Waals surface area (Å²) < 4.78 is 11.0. The van der Waals surface area contributed by atoms with E-state index in [-0.39, 0.29) is 18.2 Å². The zero-order valence-electron chi connectivity index (χ0n) is 9.85. The Labute approximate surface area is 96.5 Å². The number of hydrogen-bond donors (Lipinski definition) is 1. The predicted molar refractivity (Wildman–Crippen MR) is 63.3 cm³/mol. The maximum Gasteiger partial charge on any atom is 0.105 e. The molecule has 3 heteroatoms. The minimum Gasteiger partial charge on any atom is -0.376 e. The van der Waals surface area contributed by atoms with Gasteiger partial charge < -0.3 is 15.2 Å². The Kier molecular flexibility index (Phi) is 3.59. The third-order valence-electron chi connectivity index (χ3n) is 2.79. The van der Waals surface area contributed by atoms with E-state index < -0.39 is 0 Å². The highest BCUT2D eigenvalue weighted by atomic mass is 16.6. The number of hydrogen-bond acceptors (Lipinski definition) is 3. The first-order valence-electron chi connectivity index (χ1n) is 5.72. The maximum atomic E-state index is 5.98. The number of benzene rings is 1. The van der Waals surface area contributed by atoms with Gasteiger partial charge >= 0.3 is 0 Å². The molecule has 0 bridgehead atoms. The summed E-state index contributed by atoms with van der Waals surface area (Å²) in [4.78, 5) is 0. The molecule has 0 aromatic heterocycles. The highest BCUT2D eigenvalue weighted by molar-refractivity contribution is 5.25. The molecule has 2 N–H and O–H groups in total. The summed E-state index contributed by atoms with van der Waals surface area (Å²) in [5.74, 6) is 0. The SMILES string of the molecule is Cc1cccc(C(OC2COC2)C(C)N)c1. The fourth-order valence-electron chi connectivity index (χ4n) is 1.85. The smallest absolute Gasteiger partial charge is 0.105 e. The first kappa shape index (κ1) is 11.6. The van der Waals surface area contributed by atoms with E-state index in [0.29, 0.717) is 13.2 Å². The van der Waals surface area contributed by atoms with E-state index in [9.17, 15) is 0 Å². The second-order valence-corrected chi connectivity index (χ2v) is 4.49. The molecule has 2 unspecified atom stereocenters. The topological polar surface area (TPSA) is 44.5 Å². The highest BCUT2D eigenvalue weighted by Crippen LogP contribution is 2.24. The normalized spacial score (nSPS) is 20.2.